The van der Waals surface area contributed by atoms with Crippen molar-refractivity contribution >= 4 is 24.2 Å². The van der Waals surface area contributed by atoms with Crippen molar-refractivity contribution in [2.75, 3.05) is 20.2 Å². The molecule has 1 aliphatic heterocycles. The zero-order valence-electron chi connectivity index (χ0n) is 8.73. The van der Waals surface area contributed by atoms with Crippen molar-refractivity contribution in [3.63, 3.8) is 0 Å². The summed E-state index contributed by atoms with van der Waals surface area (Å²) in [7, 11) is 1.70. The molecule has 4 heteroatoms. The predicted octanol–water partition coefficient (Wildman–Crippen LogP) is 2.57. The van der Waals surface area contributed by atoms with E-state index in [9.17, 15) is 0 Å². The first kappa shape index (κ1) is 12.7. The van der Waals surface area contributed by atoms with E-state index in [1.807, 2.05) is 23.9 Å². The first-order valence-electron chi connectivity index (χ1n) is 4.90. The second-order valence-electron chi connectivity index (χ2n) is 3.41. The van der Waals surface area contributed by atoms with Crippen LogP contribution >= 0.6 is 24.2 Å². The fraction of sp³-hybridized carbons (Fsp3) is 0.455. The fourth-order valence-corrected chi connectivity index (χ4v) is 2.69. The molecule has 1 unspecified atom stereocenters. The highest BCUT2D eigenvalue weighted by Gasteiger charge is 2.15. The van der Waals surface area contributed by atoms with Crippen LogP contribution in [-0.4, -0.2) is 25.4 Å². The third-order valence-corrected chi connectivity index (χ3v) is 3.66. The van der Waals surface area contributed by atoms with Crippen LogP contribution in [0, 0.1) is 0 Å². The number of methoxy groups -OCH3 is 1. The molecule has 1 saturated heterocycles. The lowest BCUT2D eigenvalue weighted by Crippen LogP contribution is -2.09. The summed E-state index contributed by atoms with van der Waals surface area (Å²) >= 11 is 1.95. The molecule has 0 aliphatic carbocycles. The molecule has 0 aromatic heterocycles. The van der Waals surface area contributed by atoms with Crippen molar-refractivity contribution in [2.24, 2.45) is 0 Å². The molecular formula is C11H16ClNOS. The Bertz CT molecular complexity index is 285. The first-order valence-corrected chi connectivity index (χ1v) is 5.78. The van der Waals surface area contributed by atoms with E-state index in [4.69, 9.17) is 4.74 Å². The van der Waals surface area contributed by atoms with Crippen LogP contribution < -0.4 is 10.1 Å². The molecular weight excluding hydrogens is 230 g/mol. The number of nitrogens with one attached hydrogen (secondary N) is 1. The van der Waals surface area contributed by atoms with E-state index in [-0.39, 0.29) is 12.4 Å². The summed E-state index contributed by atoms with van der Waals surface area (Å²) in [6.45, 7) is 2.30. The van der Waals surface area contributed by atoms with Crippen molar-refractivity contribution in [1.29, 1.82) is 0 Å². The maximum absolute atomic E-state index is 5.12. The topological polar surface area (TPSA) is 21.3 Å². The van der Waals surface area contributed by atoms with Gasteiger partial charge >= 0.3 is 0 Å². The average Bonchev–Trinajstić information content (AvgIpc) is 2.72. The van der Waals surface area contributed by atoms with Gasteiger partial charge in [0.2, 0.25) is 0 Å². The lowest BCUT2D eigenvalue weighted by molar-refractivity contribution is 0.414. The largest absolute Gasteiger partial charge is 0.497 e. The minimum absolute atomic E-state index is 0. The van der Waals surface area contributed by atoms with Crippen LogP contribution in [-0.2, 0) is 0 Å². The summed E-state index contributed by atoms with van der Waals surface area (Å²) in [5.41, 5.74) is 0. The Hall–Kier alpha value is -0.380. The van der Waals surface area contributed by atoms with Gasteiger partial charge in [-0.05, 0) is 37.2 Å². The minimum atomic E-state index is 0. The zero-order chi connectivity index (χ0) is 9.80. The first-order chi connectivity index (χ1) is 6.88. The van der Waals surface area contributed by atoms with Crippen LogP contribution in [0.1, 0.15) is 6.42 Å². The number of ether oxygens (including phenoxy) is 1. The molecule has 2 rings (SSSR count). The number of benzene rings is 1. The zero-order valence-corrected chi connectivity index (χ0v) is 10.4. The molecule has 0 spiro atoms. The van der Waals surface area contributed by atoms with Crippen LogP contribution in [0.3, 0.4) is 0 Å². The smallest absolute Gasteiger partial charge is 0.118 e. The molecule has 1 atom stereocenters. The van der Waals surface area contributed by atoms with E-state index in [0.29, 0.717) is 0 Å². The quantitative estimate of drug-likeness (QED) is 0.885. The monoisotopic (exact) mass is 245 g/mol. The molecule has 1 aromatic carbocycles. The molecule has 2 nitrogen and oxygen atoms in total. The molecule has 1 N–H and O–H groups in total. The summed E-state index contributed by atoms with van der Waals surface area (Å²) < 4.78 is 5.12. The lowest BCUT2D eigenvalue weighted by atomic mass is 10.3. The number of thioether (sulfide) groups is 1. The summed E-state index contributed by atoms with van der Waals surface area (Å²) in [6, 6.07) is 8.29. The fourth-order valence-electron chi connectivity index (χ4n) is 1.58. The maximum Gasteiger partial charge on any atom is 0.118 e. The molecule has 0 amide bonds. The molecule has 1 aromatic rings. The third-order valence-electron chi connectivity index (χ3n) is 2.38. The van der Waals surface area contributed by atoms with Crippen LogP contribution in [0.15, 0.2) is 29.2 Å². The van der Waals surface area contributed by atoms with Crippen molar-refractivity contribution in [2.45, 2.75) is 16.6 Å². The molecule has 0 bridgehead atoms. The average molecular weight is 246 g/mol. The summed E-state index contributed by atoms with van der Waals surface area (Å²) in [4.78, 5) is 1.33. The highest BCUT2D eigenvalue weighted by Crippen LogP contribution is 2.28. The van der Waals surface area contributed by atoms with Crippen molar-refractivity contribution in [3.8, 4) is 5.75 Å². The van der Waals surface area contributed by atoms with Gasteiger partial charge in [-0.2, -0.15) is 0 Å². The summed E-state index contributed by atoms with van der Waals surface area (Å²) in [5, 5.41) is 4.11. The van der Waals surface area contributed by atoms with E-state index >= 15 is 0 Å². The van der Waals surface area contributed by atoms with E-state index in [1.54, 1.807) is 7.11 Å². The highest BCUT2D eigenvalue weighted by molar-refractivity contribution is 8.00. The van der Waals surface area contributed by atoms with Crippen LogP contribution in [0.25, 0.3) is 0 Å². The SMILES string of the molecule is COc1ccc(SC2CCNC2)cc1.Cl. The molecule has 1 aliphatic rings. The summed E-state index contributed by atoms with van der Waals surface area (Å²) in [5.74, 6) is 0.930. The van der Waals surface area contributed by atoms with E-state index in [1.165, 1.54) is 11.3 Å². The minimum Gasteiger partial charge on any atom is -0.497 e. The Morgan fingerprint density at radius 1 is 1.33 bits per heavy atom. The molecule has 0 radical (unpaired) electrons. The second-order valence-corrected chi connectivity index (χ2v) is 4.78. The second kappa shape index (κ2) is 6.26. The van der Waals surface area contributed by atoms with Crippen LogP contribution in [0.4, 0.5) is 0 Å². The molecule has 15 heavy (non-hydrogen) atoms. The Morgan fingerprint density at radius 3 is 2.60 bits per heavy atom. The van der Waals surface area contributed by atoms with Crippen molar-refractivity contribution in [1.82, 2.24) is 5.32 Å². The van der Waals surface area contributed by atoms with Gasteiger partial charge < -0.3 is 10.1 Å². The van der Waals surface area contributed by atoms with Crippen LogP contribution in [0.2, 0.25) is 0 Å². The normalized spacial score (nSPS) is 19.7. The van der Waals surface area contributed by atoms with Gasteiger partial charge in [-0.1, -0.05) is 0 Å². The number of halogens is 1. The maximum atomic E-state index is 5.12. The number of rotatable bonds is 3. The van der Waals surface area contributed by atoms with Gasteiger partial charge in [-0.3, -0.25) is 0 Å². The Balaban J connectivity index is 0.00000112. The van der Waals surface area contributed by atoms with Crippen molar-refractivity contribution in [3.05, 3.63) is 24.3 Å². The van der Waals surface area contributed by atoms with Gasteiger partial charge in [0, 0.05) is 16.7 Å². The van der Waals surface area contributed by atoms with Gasteiger partial charge in [0.15, 0.2) is 0 Å². The highest BCUT2D eigenvalue weighted by atomic mass is 35.5. The Morgan fingerprint density at radius 2 is 2.07 bits per heavy atom. The molecule has 0 saturated carbocycles. The number of hydrogen-bond donors (Lipinski definition) is 1. The van der Waals surface area contributed by atoms with Gasteiger partial charge in [0.05, 0.1) is 7.11 Å². The predicted molar refractivity (Wildman–Crippen MR) is 67.4 cm³/mol. The van der Waals surface area contributed by atoms with Gasteiger partial charge in [-0.15, -0.1) is 24.2 Å². The Kier molecular flexibility index (Phi) is 5.29. The van der Waals surface area contributed by atoms with Gasteiger partial charge in [0.25, 0.3) is 0 Å². The Labute approximate surface area is 101 Å². The lowest BCUT2D eigenvalue weighted by Gasteiger charge is -2.08. The molecule has 1 heterocycles. The molecule has 84 valence electrons. The van der Waals surface area contributed by atoms with Crippen LogP contribution in [0.5, 0.6) is 5.75 Å². The van der Waals surface area contributed by atoms with Crippen molar-refractivity contribution < 1.29 is 4.74 Å². The van der Waals surface area contributed by atoms with Gasteiger partial charge in [0.1, 0.15) is 5.75 Å². The standard InChI is InChI=1S/C11H15NOS.ClH/c1-13-9-2-4-10(5-3-9)14-11-6-7-12-8-11;/h2-5,11-12H,6-8H2,1H3;1H. The molecule has 1 fully saturated rings. The van der Waals surface area contributed by atoms with E-state index < -0.39 is 0 Å². The van der Waals surface area contributed by atoms with E-state index in [2.05, 4.69) is 17.4 Å². The van der Waals surface area contributed by atoms with Gasteiger partial charge in [-0.25, -0.2) is 0 Å². The van der Waals surface area contributed by atoms with E-state index in [0.717, 1.165) is 24.1 Å². The number of hydrogen-bond acceptors (Lipinski definition) is 3. The summed E-state index contributed by atoms with van der Waals surface area (Å²) in [6.07, 6.45) is 1.27. The third kappa shape index (κ3) is 3.59.